The lowest BCUT2D eigenvalue weighted by molar-refractivity contribution is -0.126. The first kappa shape index (κ1) is 17.0. The Labute approximate surface area is 132 Å². The minimum absolute atomic E-state index is 0.0443. The molecule has 1 aromatic carbocycles. The molecule has 0 unspecified atom stereocenters. The predicted octanol–water partition coefficient (Wildman–Crippen LogP) is 1.38. The first-order chi connectivity index (χ1) is 10.4. The normalized spacial score (nSPS) is 17.3. The quantitative estimate of drug-likeness (QED) is 0.742. The topological polar surface area (TPSA) is 89.3 Å². The summed E-state index contributed by atoms with van der Waals surface area (Å²) in [7, 11) is -3.15. The van der Waals surface area contributed by atoms with E-state index in [-0.39, 0.29) is 17.4 Å². The first-order valence-electron chi connectivity index (χ1n) is 7.73. The summed E-state index contributed by atoms with van der Waals surface area (Å²) >= 11 is 0. The molecule has 5 nitrogen and oxygen atoms in total. The zero-order valence-electron chi connectivity index (χ0n) is 12.8. The maximum atomic E-state index is 12.0. The molecule has 122 valence electrons. The minimum Gasteiger partial charge on any atom is -0.354 e. The summed E-state index contributed by atoms with van der Waals surface area (Å²) in [5.74, 6) is -0.0343. The van der Waals surface area contributed by atoms with Crippen molar-refractivity contribution in [1.29, 1.82) is 0 Å². The van der Waals surface area contributed by atoms with Crippen LogP contribution in [0, 0.1) is 0 Å². The van der Waals surface area contributed by atoms with Crippen LogP contribution in [0.2, 0.25) is 0 Å². The monoisotopic (exact) mass is 324 g/mol. The minimum atomic E-state index is -3.15. The number of carbonyl (C=O) groups excluding carboxylic acids is 1. The van der Waals surface area contributed by atoms with E-state index in [1.807, 2.05) is 18.2 Å². The van der Waals surface area contributed by atoms with Crippen LogP contribution in [-0.4, -0.2) is 32.2 Å². The van der Waals surface area contributed by atoms with E-state index in [0.29, 0.717) is 25.8 Å². The number of rotatable bonds is 7. The van der Waals surface area contributed by atoms with E-state index in [0.717, 1.165) is 18.4 Å². The van der Waals surface area contributed by atoms with Gasteiger partial charge in [0, 0.05) is 6.54 Å². The number of carbonyl (C=O) groups is 1. The van der Waals surface area contributed by atoms with Crippen molar-refractivity contribution in [3.63, 3.8) is 0 Å². The lowest BCUT2D eigenvalue weighted by Crippen LogP contribution is -2.52. The number of sulfone groups is 1. The van der Waals surface area contributed by atoms with Crippen molar-refractivity contribution in [2.75, 3.05) is 12.3 Å². The van der Waals surface area contributed by atoms with Crippen LogP contribution in [-0.2, 0) is 20.4 Å². The van der Waals surface area contributed by atoms with Gasteiger partial charge in [0.1, 0.15) is 0 Å². The maximum Gasteiger partial charge on any atom is 0.240 e. The molecular formula is C16H24N2O3S. The standard InChI is InChI=1S/C16H24N2O3S/c17-16(9-4-5-10-16)15(19)18-11-6-12-22(20,21)13-14-7-2-1-3-8-14/h1-3,7-8H,4-6,9-13,17H2,(H,18,19). The van der Waals surface area contributed by atoms with E-state index in [1.54, 1.807) is 12.1 Å². The van der Waals surface area contributed by atoms with Crippen LogP contribution >= 0.6 is 0 Å². The number of nitrogens with two attached hydrogens (primary N) is 1. The molecule has 1 amide bonds. The van der Waals surface area contributed by atoms with Crippen LogP contribution in [0.5, 0.6) is 0 Å². The van der Waals surface area contributed by atoms with E-state index >= 15 is 0 Å². The lowest BCUT2D eigenvalue weighted by atomic mass is 9.98. The molecule has 1 fully saturated rings. The predicted molar refractivity (Wildman–Crippen MR) is 86.9 cm³/mol. The maximum absolute atomic E-state index is 12.0. The van der Waals surface area contributed by atoms with Gasteiger partial charge in [0.2, 0.25) is 5.91 Å². The van der Waals surface area contributed by atoms with Gasteiger partial charge < -0.3 is 11.1 Å². The van der Waals surface area contributed by atoms with Gasteiger partial charge in [-0.3, -0.25) is 4.79 Å². The van der Waals surface area contributed by atoms with E-state index < -0.39 is 15.4 Å². The summed E-state index contributed by atoms with van der Waals surface area (Å²) in [4.78, 5) is 12.0. The molecule has 0 saturated heterocycles. The molecule has 0 aromatic heterocycles. The number of benzene rings is 1. The third-order valence-corrected chi connectivity index (χ3v) is 5.78. The van der Waals surface area contributed by atoms with Gasteiger partial charge in [0.15, 0.2) is 9.84 Å². The Morgan fingerprint density at radius 2 is 1.82 bits per heavy atom. The van der Waals surface area contributed by atoms with Gasteiger partial charge in [-0.05, 0) is 24.8 Å². The van der Waals surface area contributed by atoms with Gasteiger partial charge in [0.25, 0.3) is 0 Å². The van der Waals surface area contributed by atoms with Gasteiger partial charge >= 0.3 is 0 Å². The molecule has 0 spiro atoms. The van der Waals surface area contributed by atoms with E-state index in [2.05, 4.69) is 5.32 Å². The van der Waals surface area contributed by atoms with Crippen molar-refractivity contribution in [2.24, 2.45) is 5.73 Å². The molecule has 0 radical (unpaired) electrons. The largest absolute Gasteiger partial charge is 0.354 e. The Hall–Kier alpha value is -1.40. The van der Waals surface area contributed by atoms with E-state index in [1.165, 1.54) is 0 Å². The molecule has 1 aromatic rings. The molecule has 1 saturated carbocycles. The summed E-state index contributed by atoms with van der Waals surface area (Å²) < 4.78 is 24.1. The Balaban J connectivity index is 1.73. The second kappa shape index (κ2) is 7.24. The fraction of sp³-hybridized carbons (Fsp3) is 0.562. The Morgan fingerprint density at radius 3 is 2.45 bits per heavy atom. The highest BCUT2D eigenvalue weighted by Gasteiger charge is 2.36. The van der Waals surface area contributed by atoms with Gasteiger partial charge in [-0.2, -0.15) is 0 Å². The third kappa shape index (κ3) is 4.81. The lowest BCUT2D eigenvalue weighted by Gasteiger charge is -2.22. The van der Waals surface area contributed by atoms with Crippen molar-refractivity contribution < 1.29 is 13.2 Å². The number of nitrogens with one attached hydrogen (secondary N) is 1. The fourth-order valence-corrected chi connectivity index (χ4v) is 4.23. The molecule has 2 rings (SSSR count). The van der Waals surface area contributed by atoms with Crippen molar-refractivity contribution in [3.05, 3.63) is 35.9 Å². The Bertz CT molecular complexity index is 593. The fourth-order valence-electron chi connectivity index (χ4n) is 2.80. The van der Waals surface area contributed by atoms with Crippen molar-refractivity contribution in [1.82, 2.24) is 5.32 Å². The molecule has 0 heterocycles. The Morgan fingerprint density at radius 1 is 1.18 bits per heavy atom. The summed E-state index contributed by atoms with van der Waals surface area (Å²) in [6.07, 6.45) is 3.80. The summed E-state index contributed by atoms with van der Waals surface area (Å²) in [5, 5.41) is 2.77. The van der Waals surface area contributed by atoms with Crippen molar-refractivity contribution in [3.8, 4) is 0 Å². The Kier molecular flexibility index (Phi) is 5.58. The zero-order chi connectivity index (χ0) is 16.1. The van der Waals surface area contributed by atoms with E-state index in [4.69, 9.17) is 5.73 Å². The highest BCUT2D eigenvalue weighted by molar-refractivity contribution is 7.90. The highest BCUT2D eigenvalue weighted by Crippen LogP contribution is 2.27. The van der Waals surface area contributed by atoms with Gasteiger partial charge in [0.05, 0.1) is 17.0 Å². The molecule has 22 heavy (non-hydrogen) atoms. The second-order valence-corrected chi connectivity index (χ2v) is 8.23. The van der Waals surface area contributed by atoms with Crippen LogP contribution < -0.4 is 11.1 Å². The smallest absolute Gasteiger partial charge is 0.240 e. The summed E-state index contributed by atoms with van der Waals surface area (Å²) in [6, 6.07) is 9.12. The van der Waals surface area contributed by atoms with Crippen LogP contribution in [0.3, 0.4) is 0 Å². The SMILES string of the molecule is NC1(C(=O)NCCCS(=O)(=O)Cc2ccccc2)CCCC1. The molecule has 3 N–H and O–H groups in total. The number of amides is 1. The zero-order valence-corrected chi connectivity index (χ0v) is 13.6. The molecule has 0 bridgehead atoms. The van der Waals surface area contributed by atoms with Crippen LogP contribution in [0.1, 0.15) is 37.7 Å². The third-order valence-electron chi connectivity index (χ3n) is 4.10. The first-order valence-corrected chi connectivity index (χ1v) is 9.55. The molecule has 6 heteroatoms. The molecular weight excluding hydrogens is 300 g/mol. The van der Waals surface area contributed by atoms with E-state index in [9.17, 15) is 13.2 Å². The van der Waals surface area contributed by atoms with Crippen LogP contribution in [0.4, 0.5) is 0 Å². The molecule has 0 aliphatic heterocycles. The van der Waals surface area contributed by atoms with Crippen molar-refractivity contribution >= 4 is 15.7 Å². The number of hydrogen-bond donors (Lipinski definition) is 2. The van der Waals surface area contributed by atoms with Gasteiger partial charge in [-0.15, -0.1) is 0 Å². The number of hydrogen-bond acceptors (Lipinski definition) is 4. The van der Waals surface area contributed by atoms with Crippen LogP contribution in [0.25, 0.3) is 0 Å². The molecule has 0 atom stereocenters. The summed E-state index contributed by atoms with van der Waals surface area (Å²) in [5.41, 5.74) is 6.09. The van der Waals surface area contributed by atoms with Gasteiger partial charge in [-0.25, -0.2) is 8.42 Å². The van der Waals surface area contributed by atoms with Crippen LogP contribution in [0.15, 0.2) is 30.3 Å². The van der Waals surface area contributed by atoms with Gasteiger partial charge in [-0.1, -0.05) is 43.2 Å². The second-order valence-electron chi connectivity index (χ2n) is 6.05. The summed E-state index contributed by atoms with van der Waals surface area (Å²) in [6.45, 7) is 0.353. The molecule has 1 aliphatic rings. The average molecular weight is 324 g/mol. The van der Waals surface area contributed by atoms with Crippen molar-refractivity contribution in [2.45, 2.75) is 43.4 Å². The molecule has 1 aliphatic carbocycles. The average Bonchev–Trinajstić information content (AvgIpc) is 2.92. The highest BCUT2D eigenvalue weighted by atomic mass is 32.2.